The normalized spacial score (nSPS) is 22.2. The fourth-order valence-electron chi connectivity index (χ4n) is 6.06. The van der Waals surface area contributed by atoms with Gasteiger partial charge in [-0.05, 0) is 57.8 Å². The summed E-state index contributed by atoms with van der Waals surface area (Å²) in [6.45, 7) is 3.58. The number of hydrogen-bond donors (Lipinski definition) is 6. The standard InChI is InChI=1S/C46H77NO8/c1-3-5-7-9-11-13-15-17-18-19-20-21-22-24-26-28-30-32-34-36-42(50)47-39(38-54-46-45(53)44(52)43(51)41(37-48)55-46)40(49)35-33-31-29-27-25-23-16-14-12-10-8-6-4-2/h5,7,11,13,17-18,20-21,24,26,30,32-33,35,39-41,43-46,48-49,51-53H,3-4,6,8-10,12,14-16,19,22-23,25,27-29,31,34,36-38H2,1-2H3,(H,47,50)/b7-5-,13-11-,18-17-,21-20-,26-24-,32-30-,35-33+. The third-order valence-electron chi connectivity index (χ3n) is 9.49. The highest BCUT2D eigenvalue weighted by molar-refractivity contribution is 5.76. The van der Waals surface area contributed by atoms with Gasteiger partial charge >= 0.3 is 0 Å². The largest absolute Gasteiger partial charge is 0.394 e. The Hall–Kier alpha value is -2.63. The highest BCUT2D eigenvalue weighted by Gasteiger charge is 2.44. The zero-order chi connectivity index (χ0) is 40.2. The Kier molecular flexibility index (Phi) is 32.8. The van der Waals surface area contributed by atoms with Gasteiger partial charge < -0.3 is 40.3 Å². The summed E-state index contributed by atoms with van der Waals surface area (Å²) in [5, 5.41) is 54.0. The lowest BCUT2D eigenvalue weighted by Crippen LogP contribution is -2.60. The van der Waals surface area contributed by atoms with Gasteiger partial charge in [0.2, 0.25) is 5.91 Å². The minimum absolute atomic E-state index is 0.216. The third-order valence-corrected chi connectivity index (χ3v) is 9.49. The molecule has 0 aromatic rings. The molecule has 1 amide bonds. The number of ether oxygens (including phenoxy) is 2. The Morgan fingerprint density at radius 1 is 0.636 bits per heavy atom. The summed E-state index contributed by atoms with van der Waals surface area (Å²) in [5.41, 5.74) is 0. The molecule has 1 saturated heterocycles. The van der Waals surface area contributed by atoms with E-state index in [4.69, 9.17) is 9.47 Å². The predicted molar refractivity (Wildman–Crippen MR) is 225 cm³/mol. The van der Waals surface area contributed by atoms with Gasteiger partial charge in [-0.3, -0.25) is 4.79 Å². The van der Waals surface area contributed by atoms with Crippen molar-refractivity contribution in [3.8, 4) is 0 Å². The van der Waals surface area contributed by atoms with E-state index in [1.165, 1.54) is 57.8 Å². The van der Waals surface area contributed by atoms with Gasteiger partial charge in [-0.25, -0.2) is 0 Å². The molecule has 1 rings (SSSR count). The van der Waals surface area contributed by atoms with E-state index >= 15 is 0 Å². The lowest BCUT2D eigenvalue weighted by atomic mass is 9.99. The zero-order valence-electron chi connectivity index (χ0n) is 34.1. The fraction of sp³-hybridized carbons (Fsp3) is 0.674. The van der Waals surface area contributed by atoms with Gasteiger partial charge in [0.05, 0.1) is 25.4 Å². The van der Waals surface area contributed by atoms with Gasteiger partial charge in [0.1, 0.15) is 24.4 Å². The molecule has 0 radical (unpaired) electrons. The molecular formula is C46H77NO8. The molecule has 0 saturated carbocycles. The van der Waals surface area contributed by atoms with Crippen LogP contribution in [-0.2, 0) is 14.3 Å². The lowest BCUT2D eigenvalue weighted by molar-refractivity contribution is -0.302. The van der Waals surface area contributed by atoms with E-state index in [0.29, 0.717) is 6.42 Å². The second kappa shape index (κ2) is 35.8. The third kappa shape index (κ3) is 26.8. The van der Waals surface area contributed by atoms with Crippen LogP contribution < -0.4 is 5.32 Å². The summed E-state index contributed by atoms with van der Waals surface area (Å²) >= 11 is 0. The van der Waals surface area contributed by atoms with Crippen molar-refractivity contribution in [2.45, 2.75) is 185 Å². The predicted octanol–water partition coefficient (Wildman–Crippen LogP) is 8.38. The Balaban J connectivity index is 2.47. The first-order chi connectivity index (χ1) is 26.8. The van der Waals surface area contributed by atoms with Crippen LogP contribution in [0, 0.1) is 0 Å². The first-order valence-corrected chi connectivity index (χ1v) is 21.3. The van der Waals surface area contributed by atoms with Crippen molar-refractivity contribution in [1.29, 1.82) is 0 Å². The summed E-state index contributed by atoms with van der Waals surface area (Å²) in [7, 11) is 0. The van der Waals surface area contributed by atoms with E-state index in [1.807, 2.05) is 18.2 Å². The Morgan fingerprint density at radius 2 is 1.13 bits per heavy atom. The average molecular weight is 772 g/mol. The van der Waals surface area contributed by atoms with Crippen molar-refractivity contribution in [2.75, 3.05) is 13.2 Å². The molecule has 0 aromatic heterocycles. The van der Waals surface area contributed by atoms with E-state index in [2.05, 4.69) is 79.9 Å². The number of unbranched alkanes of at least 4 members (excludes halogenated alkanes) is 11. The van der Waals surface area contributed by atoms with Crippen LogP contribution in [0.5, 0.6) is 0 Å². The average Bonchev–Trinajstić information content (AvgIpc) is 3.18. The first kappa shape index (κ1) is 50.4. The van der Waals surface area contributed by atoms with Gasteiger partial charge in [-0.2, -0.15) is 0 Å². The minimum Gasteiger partial charge on any atom is -0.394 e. The molecule has 1 heterocycles. The minimum atomic E-state index is -1.58. The number of nitrogens with one attached hydrogen (secondary N) is 1. The Bertz CT molecular complexity index is 1130. The second-order valence-electron chi connectivity index (χ2n) is 14.4. The molecule has 9 heteroatoms. The molecule has 1 aliphatic rings. The number of hydrogen-bond acceptors (Lipinski definition) is 8. The molecule has 9 nitrogen and oxygen atoms in total. The smallest absolute Gasteiger partial charge is 0.220 e. The van der Waals surface area contributed by atoms with Crippen molar-refractivity contribution in [1.82, 2.24) is 5.32 Å². The summed E-state index contributed by atoms with van der Waals surface area (Å²) in [6, 6.07) is -0.848. The zero-order valence-corrected chi connectivity index (χ0v) is 34.1. The number of carbonyl (C=O) groups is 1. The molecule has 0 aliphatic carbocycles. The fourth-order valence-corrected chi connectivity index (χ4v) is 6.06. The number of rotatable bonds is 33. The number of aliphatic hydroxyl groups is 5. The van der Waals surface area contributed by atoms with E-state index < -0.39 is 49.5 Å². The number of allylic oxidation sites excluding steroid dienone is 13. The van der Waals surface area contributed by atoms with E-state index in [9.17, 15) is 30.3 Å². The van der Waals surface area contributed by atoms with Gasteiger partial charge in [0.15, 0.2) is 6.29 Å². The molecule has 7 unspecified atom stereocenters. The number of carbonyl (C=O) groups excluding carboxylic acids is 1. The maximum absolute atomic E-state index is 12.9. The summed E-state index contributed by atoms with van der Waals surface area (Å²) in [4.78, 5) is 12.9. The Morgan fingerprint density at radius 3 is 1.64 bits per heavy atom. The van der Waals surface area contributed by atoms with Crippen molar-refractivity contribution in [2.24, 2.45) is 0 Å². The van der Waals surface area contributed by atoms with Crippen LogP contribution in [0.2, 0.25) is 0 Å². The SMILES string of the molecule is CC/C=C\C/C=C\C/C=C\C/C=C\C/C=C\C/C=C\CCC(=O)NC(COC1OC(CO)C(O)C(O)C1O)C(O)/C=C/CCCCCCCCCCCCC. The number of aliphatic hydroxyl groups excluding tert-OH is 5. The molecule has 0 bridgehead atoms. The molecule has 0 aromatic carbocycles. The molecular weight excluding hydrogens is 695 g/mol. The molecule has 6 N–H and O–H groups in total. The first-order valence-electron chi connectivity index (χ1n) is 21.3. The quantitative estimate of drug-likeness (QED) is 0.0288. The summed E-state index contributed by atoms with van der Waals surface area (Å²) in [5.74, 6) is -0.264. The van der Waals surface area contributed by atoms with Crippen LogP contribution in [0.4, 0.5) is 0 Å². The molecule has 314 valence electrons. The van der Waals surface area contributed by atoms with E-state index in [0.717, 1.165) is 57.8 Å². The highest BCUT2D eigenvalue weighted by atomic mass is 16.7. The molecule has 1 aliphatic heterocycles. The monoisotopic (exact) mass is 772 g/mol. The lowest BCUT2D eigenvalue weighted by Gasteiger charge is -2.40. The van der Waals surface area contributed by atoms with Crippen molar-refractivity contribution in [3.63, 3.8) is 0 Å². The molecule has 1 fully saturated rings. The molecule has 0 spiro atoms. The summed E-state index contributed by atoms with van der Waals surface area (Å²) < 4.78 is 11.1. The van der Waals surface area contributed by atoms with Gasteiger partial charge in [-0.15, -0.1) is 0 Å². The van der Waals surface area contributed by atoms with Crippen molar-refractivity contribution < 1.29 is 39.8 Å². The highest BCUT2D eigenvalue weighted by Crippen LogP contribution is 2.22. The maximum Gasteiger partial charge on any atom is 0.220 e. The van der Waals surface area contributed by atoms with Crippen LogP contribution in [0.3, 0.4) is 0 Å². The maximum atomic E-state index is 12.9. The van der Waals surface area contributed by atoms with Crippen molar-refractivity contribution >= 4 is 5.91 Å². The second-order valence-corrected chi connectivity index (χ2v) is 14.4. The van der Waals surface area contributed by atoms with E-state index in [1.54, 1.807) is 6.08 Å². The van der Waals surface area contributed by atoms with E-state index in [-0.39, 0.29) is 18.9 Å². The van der Waals surface area contributed by atoms with Gasteiger partial charge in [0.25, 0.3) is 0 Å². The topological polar surface area (TPSA) is 149 Å². The van der Waals surface area contributed by atoms with Crippen LogP contribution in [-0.4, -0.2) is 87.5 Å². The van der Waals surface area contributed by atoms with Gasteiger partial charge in [0, 0.05) is 6.42 Å². The van der Waals surface area contributed by atoms with Gasteiger partial charge in [-0.1, -0.05) is 163 Å². The van der Waals surface area contributed by atoms with Crippen molar-refractivity contribution in [3.05, 3.63) is 85.1 Å². The van der Waals surface area contributed by atoms with Crippen LogP contribution in [0.15, 0.2) is 85.1 Å². The van der Waals surface area contributed by atoms with Crippen LogP contribution in [0.25, 0.3) is 0 Å². The Labute approximate surface area is 333 Å². The number of amides is 1. The summed E-state index contributed by atoms with van der Waals surface area (Å²) in [6.07, 6.45) is 42.0. The van der Waals surface area contributed by atoms with Crippen LogP contribution >= 0.6 is 0 Å². The molecule has 7 atom stereocenters. The van der Waals surface area contributed by atoms with Crippen LogP contribution in [0.1, 0.15) is 142 Å². The molecule has 55 heavy (non-hydrogen) atoms.